The van der Waals surface area contributed by atoms with Crippen LogP contribution in [0.5, 0.6) is 5.75 Å². The maximum Gasteiger partial charge on any atom is 0.306 e. The minimum Gasteiger partial charge on any atom is -0.497 e. The molecule has 160 valence electrons. The molecular formula is C20H28N2O6S. The van der Waals surface area contributed by atoms with Gasteiger partial charge in [0, 0.05) is 25.0 Å². The van der Waals surface area contributed by atoms with Crippen molar-refractivity contribution in [1.29, 1.82) is 0 Å². The normalized spacial score (nSPS) is 24.0. The van der Waals surface area contributed by atoms with Crippen LogP contribution in [0.1, 0.15) is 38.5 Å². The number of methoxy groups -OCH3 is 1. The third-order valence-corrected chi connectivity index (χ3v) is 7.86. The molecule has 0 atom stereocenters. The van der Waals surface area contributed by atoms with Crippen LogP contribution in [-0.4, -0.2) is 55.9 Å². The summed E-state index contributed by atoms with van der Waals surface area (Å²) >= 11 is 0. The summed E-state index contributed by atoms with van der Waals surface area (Å²) in [6, 6.07) is 6.30. The van der Waals surface area contributed by atoms with E-state index in [1.54, 1.807) is 12.1 Å². The van der Waals surface area contributed by atoms with E-state index in [0.717, 1.165) is 0 Å². The Morgan fingerprint density at radius 1 is 1.00 bits per heavy atom. The molecule has 0 aromatic heterocycles. The summed E-state index contributed by atoms with van der Waals surface area (Å²) in [6.07, 6.45) is 3.47. The number of aliphatic carboxylic acids is 1. The van der Waals surface area contributed by atoms with Crippen LogP contribution in [0.25, 0.3) is 0 Å². The lowest BCUT2D eigenvalue weighted by Crippen LogP contribution is -2.46. The van der Waals surface area contributed by atoms with Crippen LogP contribution in [0, 0.1) is 11.8 Å². The first-order valence-corrected chi connectivity index (χ1v) is 11.4. The number of carboxylic acids is 1. The lowest BCUT2D eigenvalue weighted by atomic mass is 9.85. The number of benzene rings is 1. The first-order chi connectivity index (χ1) is 13.8. The van der Waals surface area contributed by atoms with Crippen molar-refractivity contribution in [2.75, 3.05) is 20.2 Å². The van der Waals surface area contributed by atoms with E-state index in [0.29, 0.717) is 57.4 Å². The van der Waals surface area contributed by atoms with Gasteiger partial charge in [0.2, 0.25) is 15.9 Å². The quantitative estimate of drug-likeness (QED) is 0.721. The molecule has 9 heteroatoms. The number of nitrogens with one attached hydrogen (secondary N) is 1. The maximum absolute atomic E-state index is 12.8. The molecule has 2 aliphatic rings. The zero-order chi connectivity index (χ0) is 21.0. The summed E-state index contributed by atoms with van der Waals surface area (Å²) in [5.74, 6) is -0.744. The fraction of sp³-hybridized carbons (Fsp3) is 0.600. The second-order valence-electron chi connectivity index (χ2n) is 7.75. The largest absolute Gasteiger partial charge is 0.497 e. The number of hydrogen-bond donors (Lipinski definition) is 2. The fourth-order valence-electron chi connectivity index (χ4n) is 4.06. The van der Waals surface area contributed by atoms with Gasteiger partial charge in [-0.2, -0.15) is 4.31 Å². The summed E-state index contributed by atoms with van der Waals surface area (Å²) < 4.78 is 32.1. The Morgan fingerprint density at radius 3 is 2.10 bits per heavy atom. The van der Waals surface area contributed by atoms with Gasteiger partial charge in [-0.05, 0) is 62.8 Å². The van der Waals surface area contributed by atoms with Crippen LogP contribution in [0.3, 0.4) is 0 Å². The Kier molecular flexibility index (Phi) is 6.79. The Labute approximate surface area is 171 Å². The lowest BCUT2D eigenvalue weighted by Gasteiger charge is -2.32. The number of nitrogens with zero attached hydrogens (tertiary/aromatic N) is 1. The summed E-state index contributed by atoms with van der Waals surface area (Å²) in [4.78, 5) is 23.8. The van der Waals surface area contributed by atoms with E-state index in [-0.39, 0.29) is 28.7 Å². The molecule has 3 rings (SSSR count). The van der Waals surface area contributed by atoms with E-state index in [2.05, 4.69) is 5.32 Å². The van der Waals surface area contributed by atoms with E-state index in [9.17, 15) is 18.0 Å². The van der Waals surface area contributed by atoms with E-state index in [4.69, 9.17) is 9.84 Å². The number of ether oxygens (including phenoxy) is 1. The van der Waals surface area contributed by atoms with Crippen LogP contribution in [0.4, 0.5) is 0 Å². The number of sulfonamides is 1. The molecule has 1 aromatic rings. The van der Waals surface area contributed by atoms with Gasteiger partial charge in [-0.3, -0.25) is 9.59 Å². The summed E-state index contributed by atoms with van der Waals surface area (Å²) in [7, 11) is -2.06. The molecule has 0 unspecified atom stereocenters. The van der Waals surface area contributed by atoms with Crippen LogP contribution >= 0.6 is 0 Å². The number of rotatable bonds is 6. The maximum atomic E-state index is 12.8. The minimum atomic E-state index is -3.59. The Morgan fingerprint density at radius 2 is 1.59 bits per heavy atom. The SMILES string of the molecule is COc1ccc(S(=O)(=O)N2CCC(C(=O)NC3CCC(C(=O)O)CC3)CC2)cc1. The van der Waals surface area contributed by atoms with E-state index in [1.165, 1.54) is 23.5 Å². The number of carboxylic acid groups (broad SMARTS) is 1. The molecule has 1 aromatic carbocycles. The molecule has 0 radical (unpaired) electrons. The van der Waals surface area contributed by atoms with Crippen molar-refractivity contribution in [3.8, 4) is 5.75 Å². The first-order valence-electron chi connectivity index (χ1n) is 9.98. The molecule has 1 amide bonds. The molecule has 1 heterocycles. The van der Waals surface area contributed by atoms with E-state index in [1.807, 2.05) is 0 Å². The Hall–Kier alpha value is -2.13. The molecule has 0 bridgehead atoms. The van der Waals surface area contributed by atoms with Gasteiger partial charge in [0.15, 0.2) is 0 Å². The van der Waals surface area contributed by atoms with Crippen molar-refractivity contribution < 1.29 is 27.9 Å². The van der Waals surface area contributed by atoms with Crippen molar-refractivity contribution in [1.82, 2.24) is 9.62 Å². The summed E-state index contributed by atoms with van der Waals surface area (Å²) in [5, 5.41) is 12.1. The monoisotopic (exact) mass is 424 g/mol. The van der Waals surface area contributed by atoms with Crippen molar-refractivity contribution in [2.45, 2.75) is 49.5 Å². The average molecular weight is 425 g/mol. The van der Waals surface area contributed by atoms with Crippen molar-refractivity contribution in [3.05, 3.63) is 24.3 Å². The van der Waals surface area contributed by atoms with Gasteiger partial charge in [-0.15, -0.1) is 0 Å². The van der Waals surface area contributed by atoms with E-state index >= 15 is 0 Å². The highest BCUT2D eigenvalue weighted by Crippen LogP contribution is 2.27. The molecule has 29 heavy (non-hydrogen) atoms. The number of amides is 1. The second-order valence-corrected chi connectivity index (χ2v) is 9.69. The van der Waals surface area contributed by atoms with Crippen molar-refractivity contribution in [2.24, 2.45) is 11.8 Å². The van der Waals surface area contributed by atoms with E-state index < -0.39 is 16.0 Å². The van der Waals surface area contributed by atoms with Gasteiger partial charge < -0.3 is 15.2 Å². The van der Waals surface area contributed by atoms with Gasteiger partial charge in [-0.1, -0.05) is 0 Å². The molecule has 1 aliphatic carbocycles. The molecule has 0 spiro atoms. The third kappa shape index (κ3) is 5.08. The van der Waals surface area contributed by atoms with Gasteiger partial charge in [0.1, 0.15) is 5.75 Å². The summed E-state index contributed by atoms with van der Waals surface area (Å²) in [6.45, 7) is 0.608. The fourth-order valence-corrected chi connectivity index (χ4v) is 5.53. The number of piperidine rings is 1. The Bertz CT molecular complexity index is 823. The molecule has 2 fully saturated rings. The lowest BCUT2D eigenvalue weighted by molar-refractivity contribution is -0.142. The van der Waals surface area contributed by atoms with Gasteiger partial charge in [-0.25, -0.2) is 8.42 Å². The van der Waals surface area contributed by atoms with Crippen LogP contribution in [0.15, 0.2) is 29.2 Å². The first kappa shape index (κ1) is 21.6. The highest BCUT2D eigenvalue weighted by Gasteiger charge is 2.33. The second kappa shape index (κ2) is 9.13. The van der Waals surface area contributed by atoms with Crippen molar-refractivity contribution in [3.63, 3.8) is 0 Å². The zero-order valence-electron chi connectivity index (χ0n) is 16.5. The standard InChI is InChI=1S/C20H28N2O6S/c1-28-17-6-8-18(9-7-17)29(26,27)22-12-10-14(11-13-22)19(23)21-16-4-2-15(3-5-16)20(24)25/h6-9,14-16H,2-5,10-13H2,1H3,(H,21,23)(H,24,25). The highest BCUT2D eigenvalue weighted by atomic mass is 32.2. The van der Waals surface area contributed by atoms with Gasteiger partial charge >= 0.3 is 5.97 Å². The average Bonchev–Trinajstić information content (AvgIpc) is 2.74. The molecule has 1 saturated carbocycles. The zero-order valence-corrected chi connectivity index (χ0v) is 17.4. The van der Waals surface area contributed by atoms with Crippen LogP contribution < -0.4 is 10.1 Å². The number of carbonyl (C=O) groups is 2. The minimum absolute atomic E-state index is 0.0131. The smallest absolute Gasteiger partial charge is 0.306 e. The summed E-state index contributed by atoms with van der Waals surface area (Å²) in [5.41, 5.74) is 0. The van der Waals surface area contributed by atoms with Gasteiger partial charge in [0.05, 0.1) is 17.9 Å². The molecule has 1 saturated heterocycles. The van der Waals surface area contributed by atoms with Gasteiger partial charge in [0.25, 0.3) is 0 Å². The molecule has 2 N–H and O–H groups in total. The van der Waals surface area contributed by atoms with Crippen LogP contribution in [-0.2, 0) is 19.6 Å². The van der Waals surface area contributed by atoms with Crippen LogP contribution in [0.2, 0.25) is 0 Å². The Balaban J connectivity index is 1.50. The third-order valence-electron chi connectivity index (χ3n) is 5.94. The predicted molar refractivity (Wildman–Crippen MR) is 106 cm³/mol. The predicted octanol–water partition coefficient (Wildman–Crippen LogP) is 1.86. The highest BCUT2D eigenvalue weighted by molar-refractivity contribution is 7.89. The molecule has 1 aliphatic heterocycles. The topological polar surface area (TPSA) is 113 Å². The molecular weight excluding hydrogens is 396 g/mol. The van der Waals surface area contributed by atoms with Crippen molar-refractivity contribution >= 4 is 21.9 Å². The number of hydrogen-bond acceptors (Lipinski definition) is 5. The molecule has 8 nitrogen and oxygen atoms in total. The number of carbonyl (C=O) groups excluding carboxylic acids is 1.